The van der Waals surface area contributed by atoms with Crippen molar-refractivity contribution >= 4 is 70.6 Å². The summed E-state index contributed by atoms with van der Waals surface area (Å²) in [4.78, 5) is 19.8. The van der Waals surface area contributed by atoms with Crippen LogP contribution >= 0.6 is 11.3 Å². The minimum absolute atomic E-state index is 0.604. The van der Waals surface area contributed by atoms with Gasteiger partial charge in [-0.05, 0) is 18.2 Å². The summed E-state index contributed by atoms with van der Waals surface area (Å²) in [7, 11) is 2.16. The molecule has 0 saturated heterocycles. The molecule has 0 aliphatic rings. The topological polar surface area (TPSA) is 56.5 Å². The predicted molar refractivity (Wildman–Crippen MR) is 247 cm³/mol. The summed E-state index contributed by atoms with van der Waals surface area (Å²) in [6.07, 6.45) is 18.3. The first kappa shape index (κ1) is 39.5. The fourth-order valence-corrected chi connectivity index (χ4v) is 7.46. The average Bonchev–Trinajstić information content (AvgIpc) is 3.79. The molecule has 3 aromatic heterocycles. The molecule has 0 unspecified atom stereocenters. The van der Waals surface area contributed by atoms with Crippen LogP contribution in [0.1, 0.15) is 35.8 Å². The van der Waals surface area contributed by atoms with Crippen LogP contribution in [0.15, 0.2) is 152 Å². The van der Waals surface area contributed by atoms with E-state index < -0.39 is 0 Å². The van der Waals surface area contributed by atoms with Crippen molar-refractivity contribution < 1.29 is 0 Å². The molecule has 56 heavy (non-hydrogen) atoms. The molecule has 3 aromatic carbocycles. The SMILES string of the molecule is C=C/C=C\c1c([B]C)c(/C=C(C=C)/C(=C/C)/C=C(\C)c2nc3cc(-c4nc(-c5ccccc5)nc(-c5ccccc5)n4)ccc3s2)c(C)n1/C(C=C)=C/C=BC. The molecule has 0 saturated carbocycles. The Kier molecular flexibility index (Phi) is 13.0. The summed E-state index contributed by atoms with van der Waals surface area (Å²) in [5.74, 6) is 3.89. The first-order valence-electron chi connectivity index (χ1n) is 18.6. The molecule has 0 aliphatic carbocycles. The van der Waals surface area contributed by atoms with Gasteiger partial charge in [0.05, 0.1) is 10.2 Å². The number of rotatable bonds is 14. The predicted octanol–water partition coefficient (Wildman–Crippen LogP) is 11.4. The zero-order chi connectivity index (χ0) is 39.6. The van der Waals surface area contributed by atoms with E-state index in [-0.39, 0.29) is 0 Å². The van der Waals surface area contributed by atoms with Crippen molar-refractivity contribution in [2.24, 2.45) is 0 Å². The maximum atomic E-state index is 5.12. The number of thiazole rings is 1. The number of fused-ring (bicyclic) bond motifs is 1. The second kappa shape index (κ2) is 18.4. The van der Waals surface area contributed by atoms with Gasteiger partial charge in [0.15, 0.2) is 17.5 Å². The molecule has 5 nitrogen and oxygen atoms in total. The molecule has 6 aromatic rings. The van der Waals surface area contributed by atoms with Crippen molar-refractivity contribution in [1.29, 1.82) is 0 Å². The molecule has 3 heterocycles. The third kappa shape index (κ3) is 8.51. The molecular formula is C48H44B2N5S. The Labute approximate surface area is 336 Å². The summed E-state index contributed by atoms with van der Waals surface area (Å²) in [6, 6.07) is 26.3. The molecule has 273 valence electrons. The standard InChI is InChI=1S/C48H44B2N5S/c1-9-13-24-42-44(50-8)40(33(6)55(42)39(12-4)27-28-49-7)30-35(11-3)34(10-2)29-32(5)48-51-41-31-38(25-26-43(41)56-48)47-53-45(36-20-16-14-17-21-36)52-46(54-47)37-22-18-15-19-23-37/h9-31H,1,3-4H2,2,5-8H3/b24-13-,32-29+,34-10+,35-30+,39-27+. The van der Waals surface area contributed by atoms with Gasteiger partial charge in [0.1, 0.15) is 0 Å². The summed E-state index contributed by atoms with van der Waals surface area (Å²) < 4.78 is 3.32. The van der Waals surface area contributed by atoms with Crippen molar-refractivity contribution in [2.75, 3.05) is 0 Å². The molecule has 6 rings (SSSR count). The van der Waals surface area contributed by atoms with Gasteiger partial charge in [-0.25, -0.2) is 19.9 Å². The normalized spacial score (nSPS) is 12.7. The van der Waals surface area contributed by atoms with Gasteiger partial charge < -0.3 is 0 Å². The summed E-state index contributed by atoms with van der Waals surface area (Å²) in [5.41, 5.74) is 12.1. The molecular weight excluding hydrogens is 700 g/mol. The fraction of sp³-hybridized carbons (Fsp3) is 0.104. The van der Waals surface area contributed by atoms with E-state index in [9.17, 15) is 0 Å². The van der Waals surface area contributed by atoms with Gasteiger partial charge in [-0.3, -0.25) is 0 Å². The van der Waals surface area contributed by atoms with Crippen molar-refractivity contribution in [3.8, 4) is 34.2 Å². The zero-order valence-corrected chi connectivity index (χ0v) is 33.5. The number of benzene rings is 3. The van der Waals surface area contributed by atoms with Crippen molar-refractivity contribution in [1.82, 2.24) is 24.5 Å². The van der Waals surface area contributed by atoms with E-state index in [4.69, 9.17) is 19.9 Å². The maximum absolute atomic E-state index is 5.12. The molecule has 0 amide bonds. The van der Waals surface area contributed by atoms with Crippen molar-refractivity contribution in [3.05, 3.63) is 174 Å². The first-order valence-corrected chi connectivity index (χ1v) is 19.4. The Morgan fingerprint density at radius 1 is 0.786 bits per heavy atom. The van der Waals surface area contributed by atoms with Crippen LogP contribution in [0.25, 0.3) is 67.8 Å². The Balaban J connectivity index is 1.38. The fourth-order valence-electron chi connectivity index (χ4n) is 6.54. The van der Waals surface area contributed by atoms with Gasteiger partial charge >= 0.3 is 183 Å². The Bertz CT molecular complexity index is 2540. The van der Waals surface area contributed by atoms with E-state index in [1.807, 2.05) is 98.6 Å². The zero-order valence-electron chi connectivity index (χ0n) is 32.7. The van der Waals surface area contributed by atoms with Crippen LogP contribution in [0.4, 0.5) is 0 Å². The van der Waals surface area contributed by atoms with Gasteiger partial charge in [-0.15, -0.1) is 11.3 Å². The van der Waals surface area contributed by atoms with Crippen LogP contribution in [-0.4, -0.2) is 44.7 Å². The molecule has 8 heteroatoms. The third-order valence-corrected chi connectivity index (χ3v) is 10.5. The number of aromatic nitrogens is 5. The number of hydrogen-bond donors (Lipinski definition) is 0. The van der Waals surface area contributed by atoms with Crippen molar-refractivity contribution in [3.63, 3.8) is 0 Å². The molecule has 1 radical (unpaired) electrons. The second-order valence-electron chi connectivity index (χ2n) is 13.0. The van der Waals surface area contributed by atoms with Gasteiger partial charge in [-0.1, -0.05) is 60.7 Å². The van der Waals surface area contributed by atoms with Gasteiger partial charge in [0, 0.05) is 16.7 Å². The molecule has 0 bridgehead atoms. The molecule has 0 spiro atoms. The van der Waals surface area contributed by atoms with Gasteiger partial charge in [0.25, 0.3) is 0 Å². The quantitative estimate of drug-likeness (QED) is 0.0823. The third-order valence-electron chi connectivity index (χ3n) is 9.36. The Hall–Kier alpha value is -6.24. The second-order valence-corrected chi connectivity index (χ2v) is 14.0. The number of nitrogens with zero attached hydrogens (tertiary/aromatic N) is 5. The summed E-state index contributed by atoms with van der Waals surface area (Å²) in [5, 5.41) is 0.942. The van der Waals surface area contributed by atoms with Crippen LogP contribution in [-0.2, 0) is 0 Å². The van der Waals surface area contributed by atoms with Crippen LogP contribution in [0, 0.1) is 6.92 Å². The van der Waals surface area contributed by atoms with Gasteiger partial charge in [-0.2, -0.15) is 0 Å². The summed E-state index contributed by atoms with van der Waals surface area (Å²) in [6.45, 7) is 24.7. The monoisotopic (exact) mass is 744 g/mol. The molecule has 0 fully saturated rings. The van der Waals surface area contributed by atoms with Crippen molar-refractivity contribution in [2.45, 2.75) is 34.4 Å². The van der Waals surface area contributed by atoms with E-state index in [2.05, 4.69) is 108 Å². The van der Waals surface area contributed by atoms with Crippen LogP contribution in [0.5, 0.6) is 0 Å². The van der Waals surface area contributed by atoms with Gasteiger partial charge in [0.2, 0.25) is 0 Å². The van der Waals surface area contributed by atoms with E-state index in [0.29, 0.717) is 17.5 Å². The van der Waals surface area contributed by atoms with E-state index in [1.165, 1.54) is 0 Å². The Morgan fingerprint density at radius 2 is 1.43 bits per heavy atom. The average molecular weight is 745 g/mol. The molecule has 0 aliphatic heterocycles. The van der Waals surface area contributed by atoms with Crippen LogP contribution < -0.4 is 5.46 Å². The van der Waals surface area contributed by atoms with E-state index in [1.54, 1.807) is 17.4 Å². The van der Waals surface area contributed by atoms with E-state index in [0.717, 1.165) is 76.7 Å². The molecule has 0 N–H and O–H groups in total. The summed E-state index contributed by atoms with van der Waals surface area (Å²) >= 11 is 1.67. The van der Waals surface area contributed by atoms with E-state index >= 15 is 0 Å². The first-order chi connectivity index (χ1) is 27.3. The number of hydrogen-bond acceptors (Lipinski definition) is 5. The van der Waals surface area contributed by atoms with Crippen LogP contribution in [0.2, 0.25) is 13.6 Å². The number of allylic oxidation sites excluding steroid dienone is 11. The minimum atomic E-state index is 0.604. The molecule has 0 atom stereocenters. The Morgan fingerprint density at radius 3 is 1.98 bits per heavy atom. The van der Waals surface area contributed by atoms with Crippen LogP contribution in [0.3, 0.4) is 0 Å².